The van der Waals surface area contributed by atoms with Crippen LogP contribution in [0, 0.1) is 6.92 Å². The Morgan fingerprint density at radius 2 is 1.86 bits per heavy atom. The van der Waals surface area contributed by atoms with Gasteiger partial charge in [0, 0.05) is 13.1 Å². The average molecular weight is 375 g/mol. The van der Waals surface area contributed by atoms with Crippen molar-refractivity contribution >= 4 is 11.6 Å². The van der Waals surface area contributed by atoms with Crippen LogP contribution in [0.5, 0.6) is 5.75 Å². The fraction of sp³-hybridized carbons (Fsp3) is 0.217. The summed E-state index contributed by atoms with van der Waals surface area (Å²) in [5, 5.41) is 6.23. The Balaban J connectivity index is 1.46. The van der Waals surface area contributed by atoms with E-state index in [-0.39, 0.29) is 5.91 Å². The van der Waals surface area contributed by atoms with Gasteiger partial charge in [0.1, 0.15) is 11.4 Å². The predicted octanol–water partition coefficient (Wildman–Crippen LogP) is 3.98. The Kier molecular flexibility index (Phi) is 6.63. The molecule has 0 fully saturated rings. The number of nitrogens with one attached hydrogen (secondary N) is 2. The number of aryl methyl sites for hydroxylation is 1. The van der Waals surface area contributed by atoms with Crippen LogP contribution in [0.1, 0.15) is 27.2 Å². The van der Waals surface area contributed by atoms with Gasteiger partial charge in [0.2, 0.25) is 0 Å². The van der Waals surface area contributed by atoms with Crippen molar-refractivity contribution in [1.29, 1.82) is 0 Å². The van der Waals surface area contributed by atoms with E-state index in [2.05, 4.69) is 33.8 Å². The number of carbonyl (C=O) groups is 1. The van der Waals surface area contributed by atoms with Crippen molar-refractivity contribution < 1.29 is 9.53 Å². The summed E-state index contributed by atoms with van der Waals surface area (Å²) in [6.07, 6.45) is 2.58. The fourth-order valence-corrected chi connectivity index (χ4v) is 2.87. The van der Waals surface area contributed by atoms with E-state index in [1.165, 1.54) is 11.1 Å². The molecule has 0 atom stereocenters. The molecule has 0 aliphatic rings. The molecule has 1 heterocycles. The van der Waals surface area contributed by atoms with Crippen LogP contribution in [0.2, 0.25) is 0 Å². The van der Waals surface area contributed by atoms with Gasteiger partial charge >= 0.3 is 0 Å². The number of anilines is 1. The van der Waals surface area contributed by atoms with Gasteiger partial charge in [-0.3, -0.25) is 4.79 Å². The lowest BCUT2D eigenvalue weighted by molar-refractivity contribution is 0.0946. The maximum absolute atomic E-state index is 12.3. The van der Waals surface area contributed by atoms with Crippen LogP contribution in [0.15, 0.2) is 66.9 Å². The van der Waals surface area contributed by atoms with Gasteiger partial charge in [-0.25, -0.2) is 4.98 Å². The van der Waals surface area contributed by atoms with E-state index in [1.807, 2.05) is 43.3 Å². The van der Waals surface area contributed by atoms with Crippen LogP contribution in [-0.2, 0) is 13.0 Å². The van der Waals surface area contributed by atoms with Gasteiger partial charge in [0.25, 0.3) is 5.91 Å². The smallest absolute Gasteiger partial charge is 0.270 e. The lowest BCUT2D eigenvalue weighted by atomic mass is 10.1. The summed E-state index contributed by atoms with van der Waals surface area (Å²) < 4.78 is 5.16. The average Bonchev–Trinajstić information content (AvgIpc) is 2.73. The lowest BCUT2D eigenvalue weighted by Crippen LogP contribution is -2.23. The highest BCUT2D eigenvalue weighted by Crippen LogP contribution is 2.12. The number of pyridine rings is 1. The molecule has 3 rings (SSSR count). The molecule has 2 N–H and O–H groups in total. The number of benzene rings is 2. The number of hydrogen-bond acceptors (Lipinski definition) is 4. The van der Waals surface area contributed by atoms with Crippen LogP contribution in [-0.4, -0.2) is 24.5 Å². The third-order valence-electron chi connectivity index (χ3n) is 4.43. The van der Waals surface area contributed by atoms with Crippen molar-refractivity contribution in [2.24, 2.45) is 0 Å². The molecular formula is C23H25N3O2. The summed E-state index contributed by atoms with van der Waals surface area (Å²) in [6, 6.07) is 19.7. The first-order valence-corrected chi connectivity index (χ1v) is 9.30. The van der Waals surface area contributed by atoms with Crippen LogP contribution < -0.4 is 15.4 Å². The molecular weight excluding hydrogens is 350 g/mol. The maximum Gasteiger partial charge on any atom is 0.270 e. The molecule has 0 bridgehead atoms. The zero-order valence-corrected chi connectivity index (χ0v) is 16.2. The highest BCUT2D eigenvalue weighted by Gasteiger charge is 2.07. The summed E-state index contributed by atoms with van der Waals surface area (Å²) >= 11 is 0. The maximum atomic E-state index is 12.3. The van der Waals surface area contributed by atoms with Crippen molar-refractivity contribution in [1.82, 2.24) is 10.3 Å². The molecule has 0 saturated heterocycles. The monoisotopic (exact) mass is 375 g/mol. The fourth-order valence-electron chi connectivity index (χ4n) is 2.87. The molecule has 0 saturated carbocycles. The highest BCUT2D eigenvalue weighted by atomic mass is 16.5. The number of hydrogen-bond donors (Lipinski definition) is 2. The van der Waals surface area contributed by atoms with E-state index in [9.17, 15) is 4.79 Å². The van der Waals surface area contributed by atoms with Gasteiger partial charge in [-0.05, 0) is 48.7 Å². The second kappa shape index (κ2) is 9.55. The van der Waals surface area contributed by atoms with Crippen LogP contribution in [0.3, 0.4) is 0 Å². The minimum atomic E-state index is -0.175. The summed E-state index contributed by atoms with van der Waals surface area (Å²) in [4.78, 5) is 16.5. The highest BCUT2D eigenvalue weighted by molar-refractivity contribution is 5.92. The predicted molar refractivity (Wildman–Crippen MR) is 112 cm³/mol. The van der Waals surface area contributed by atoms with E-state index in [1.54, 1.807) is 19.4 Å². The SMILES string of the molecule is COc1ccc(CCNc2ccc(C(=O)NCc3cccc(C)c3)nc2)cc1. The first-order chi connectivity index (χ1) is 13.6. The number of rotatable bonds is 8. The Bertz CT molecular complexity index is 906. The van der Waals surface area contributed by atoms with E-state index >= 15 is 0 Å². The molecule has 28 heavy (non-hydrogen) atoms. The summed E-state index contributed by atoms with van der Waals surface area (Å²) in [5.74, 6) is 0.684. The van der Waals surface area contributed by atoms with Crippen molar-refractivity contribution in [3.05, 3.63) is 89.2 Å². The van der Waals surface area contributed by atoms with Crippen molar-refractivity contribution in [2.75, 3.05) is 19.0 Å². The quantitative estimate of drug-likeness (QED) is 0.625. The second-order valence-corrected chi connectivity index (χ2v) is 6.63. The van der Waals surface area contributed by atoms with Gasteiger partial charge in [-0.1, -0.05) is 42.0 Å². The van der Waals surface area contributed by atoms with Crippen LogP contribution >= 0.6 is 0 Å². The Hall–Kier alpha value is -3.34. The molecule has 0 radical (unpaired) electrons. The molecule has 0 aliphatic heterocycles. The summed E-state index contributed by atoms with van der Waals surface area (Å²) in [7, 11) is 1.66. The van der Waals surface area contributed by atoms with Gasteiger partial charge < -0.3 is 15.4 Å². The van der Waals surface area contributed by atoms with Crippen LogP contribution in [0.4, 0.5) is 5.69 Å². The number of carbonyl (C=O) groups excluding carboxylic acids is 1. The van der Waals surface area contributed by atoms with Gasteiger partial charge in [0.15, 0.2) is 0 Å². The Morgan fingerprint density at radius 3 is 2.54 bits per heavy atom. The number of amides is 1. The first-order valence-electron chi connectivity index (χ1n) is 9.30. The third kappa shape index (κ3) is 5.58. The largest absolute Gasteiger partial charge is 0.497 e. The van der Waals surface area contributed by atoms with Gasteiger partial charge in [-0.15, -0.1) is 0 Å². The Labute approximate surface area is 165 Å². The minimum Gasteiger partial charge on any atom is -0.497 e. The normalized spacial score (nSPS) is 10.4. The number of nitrogens with zero attached hydrogens (tertiary/aromatic N) is 1. The standard InChI is InChI=1S/C23H25N3O2/c1-17-4-3-5-19(14-17)15-26-23(27)22-11-8-20(16-25-22)24-13-12-18-6-9-21(28-2)10-7-18/h3-11,14,16,24H,12-13,15H2,1-2H3,(H,26,27). The Morgan fingerprint density at radius 1 is 1.04 bits per heavy atom. The number of ether oxygens (including phenoxy) is 1. The number of methoxy groups -OCH3 is 1. The first kappa shape index (κ1) is 19.4. The van der Waals surface area contributed by atoms with Gasteiger partial charge in [0.05, 0.1) is 19.0 Å². The molecule has 0 aliphatic carbocycles. The lowest BCUT2D eigenvalue weighted by Gasteiger charge is -2.08. The van der Waals surface area contributed by atoms with E-state index in [0.29, 0.717) is 12.2 Å². The van der Waals surface area contributed by atoms with Crippen molar-refractivity contribution in [3.63, 3.8) is 0 Å². The molecule has 5 heteroatoms. The van der Waals surface area contributed by atoms with Crippen LogP contribution in [0.25, 0.3) is 0 Å². The minimum absolute atomic E-state index is 0.175. The van der Waals surface area contributed by atoms with Gasteiger partial charge in [-0.2, -0.15) is 0 Å². The van der Waals surface area contributed by atoms with Crippen molar-refractivity contribution in [2.45, 2.75) is 19.9 Å². The third-order valence-corrected chi connectivity index (χ3v) is 4.43. The molecule has 0 unspecified atom stereocenters. The zero-order valence-electron chi connectivity index (χ0n) is 16.2. The van der Waals surface area contributed by atoms with E-state index in [4.69, 9.17) is 4.74 Å². The molecule has 1 amide bonds. The zero-order chi connectivity index (χ0) is 19.8. The molecule has 1 aromatic heterocycles. The van der Waals surface area contributed by atoms with Crippen molar-refractivity contribution in [3.8, 4) is 5.75 Å². The van der Waals surface area contributed by atoms with E-state index < -0.39 is 0 Å². The number of aromatic nitrogens is 1. The molecule has 3 aromatic rings. The molecule has 2 aromatic carbocycles. The summed E-state index contributed by atoms with van der Waals surface area (Å²) in [6.45, 7) is 3.31. The van der Waals surface area contributed by atoms with E-state index in [0.717, 1.165) is 30.0 Å². The summed E-state index contributed by atoms with van der Waals surface area (Å²) in [5.41, 5.74) is 4.78. The second-order valence-electron chi connectivity index (χ2n) is 6.63. The molecule has 5 nitrogen and oxygen atoms in total. The molecule has 144 valence electrons. The molecule has 0 spiro atoms. The topological polar surface area (TPSA) is 63.2 Å².